The maximum atomic E-state index is 11.7. The smallest absolute Gasteiger partial charge is 0.257 e. The molecule has 1 rings (SSSR count). The Kier molecular flexibility index (Phi) is 3.95. The maximum Gasteiger partial charge on any atom is 0.257 e. The lowest BCUT2D eigenvalue weighted by molar-refractivity contribution is 0.0775. The summed E-state index contributed by atoms with van der Waals surface area (Å²) in [7, 11) is 0. The fraction of sp³-hybridized carbons (Fsp3) is 0.500. The predicted molar refractivity (Wildman–Crippen MR) is 54.0 cm³/mol. The van der Waals surface area contributed by atoms with Gasteiger partial charge in [0, 0.05) is 24.6 Å². The third kappa shape index (κ3) is 2.55. The number of amides is 1. The van der Waals surface area contributed by atoms with E-state index in [0.717, 1.165) is 18.4 Å². The molecule has 72 valence electrons. The van der Waals surface area contributed by atoms with Crippen molar-refractivity contribution in [3.05, 3.63) is 18.0 Å². The van der Waals surface area contributed by atoms with E-state index in [1.807, 2.05) is 6.92 Å². The molecule has 0 aliphatic rings. The Hall–Kier alpha value is -0.840. The number of aromatic amines is 1. The van der Waals surface area contributed by atoms with Crippen molar-refractivity contribution in [1.29, 1.82) is 0 Å². The van der Waals surface area contributed by atoms with Crippen molar-refractivity contribution in [2.75, 3.05) is 18.4 Å². The van der Waals surface area contributed by atoms with Crippen molar-refractivity contribution in [3.8, 4) is 0 Å². The molecule has 1 heterocycles. The number of nitrogens with one attached hydrogen (secondary N) is 1. The summed E-state index contributed by atoms with van der Waals surface area (Å²) in [6.45, 7) is 3.40. The minimum absolute atomic E-state index is 0.0238. The van der Waals surface area contributed by atoms with Crippen molar-refractivity contribution < 1.29 is 4.79 Å². The largest absolute Gasteiger partial charge is 0.338 e. The first-order valence-electron chi connectivity index (χ1n) is 4.13. The van der Waals surface area contributed by atoms with Crippen molar-refractivity contribution in [2.45, 2.75) is 6.92 Å². The highest BCUT2D eigenvalue weighted by Crippen LogP contribution is 2.02. The molecule has 1 aromatic heterocycles. The van der Waals surface area contributed by atoms with Gasteiger partial charge in [0.1, 0.15) is 0 Å². The molecule has 0 bridgehead atoms. The number of carbonyl (C=O) groups is 1. The molecule has 0 saturated carbocycles. The van der Waals surface area contributed by atoms with E-state index in [1.165, 1.54) is 0 Å². The van der Waals surface area contributed by atoms with Gasteiger partial charge in [-0.3, -0.25) is 9.89 Å². The van der Waals surface area contributed by atoms with Crippen LogP contribution in [0.25, 0.3) is 0 Å². The lowest BCUT2D eigenvalue weighted by Crippen LogP contribution is -2.32. The van der Waals surface area contributed by atoms with Gasteiger partial charge in [0.2, 0.25) is 0 Å². The van der Waals surface area contributed by atoms with Gasteiger partial charge >= 0.3 is 0 Å². The zero-order valence-electron chi connectivity index (χ0n) is 7.46. The van der Waals surface area contributed by atoms with E-state index in [9.17, 15) is 4.79 Å². The molecule has 5 heteroatoms. The number of hydrogen-bond acceptors (Lipinski definition) is 2. The first-order chi connectivity index (χ1) is 6.29. The highest BCUT2D eigenvalue weighted by atomic mass is 79.9. The number of aromatic nitrogens is 2. The average Bonchev–Trinajstić information content (AvgIpc) is 2.65. The van der Waals surface area contributed by atoms with E-state index in [1.54, 1.807) is 17.3 Å². The molecular weight excluding hydrogens is 234 g/mol. The molecule has 1 aromatic rings. The molecule has 0 spiro atoms. The Labute approximate surface area is 85.4 Å². The standard InChI is InChI=1S/C8H12BrN3O/c1-2-12(4-3-9)8(13)7-5-10-11-6-7/h5-6H,2-4H2,1H3,(H,10,11). The van der Waals surface area contributed by atoms with Crippen LogP contribution in [0.2, 0.25) is 0 Å². The van der Waals surface area contributed by atoms with Crippen molar-refractivity contribution in [3.63, 3.8) is 0 Å². The highest BCUT2D eigenvalue weighted by Gasteiger charge is 2.13. The van der Waals surface area contributed by atoms with Gasteiger partial charge in [-0.1, -0.05) is 15.9 Å². The van der Waals surface area contributed by atoms with Crippen LogP contribution in [0.5, 0.6) is 0 Å². The minimum Gasteiger partial charge on any atom is -0.338 e. The summed E-state index contributed by atoms with van der Waals surface area (Å²) in [6.07, 6.45) is 3.15. The van der Waals surface area contributed by atoms with Crippen molar-refractivity contribution in [2.24, 2.45) is 0 Å². The van der Waals surface area contributed by atoms with Crippen LogP contribution in [0.1, 0.15) is 17.3 Å². The van der Waals surface area contributed by atoms with E-state index in [2.05, 4.69) is 26.1 Å². The highest BCUT2D eigenvalue weighted by molar-refractivity contribution is 9.09. The Morgan fingerprint density at radius 3 is 3.00 bits per heavy atom. The summed E-state index contributed by atoms with van der Waals surface area (Å²) in [5.41, 5.74) is 0.614. The molecule has 1 N–H and O–H groups in total. The second-order valence-corrected chi connectivity index (χ2v) is 3.35. The Morgan fingerprint density at radius 2 is 2.54 bits per heavy atom. The quantitative estimate of drug-likeness (QED) is 0.813. The summed E-state index contributed by atoms with van der Waals surface area (Å²) < 4.78 is 0. The number of halogens is 1. The molecule has 4 nitrogen and oxygen atoms in total. The normalized spacial score (nSPS) is 10.0. The van der Waals surface area contributed by atoms with Crippen molar-refractivity contribution in [1.82, 2.24) is 15.1 Å². The lowest BCUT2D eigenvalue weighted by Gasteiger charge is -2.18. The van der Waals surface area contributed by atoms with Gasteiger partial charge in [0.25, 0.3) is 5.91 Å². The first kappa shape index (κ1) is 10.2. The van der Waals surface area contributed by atoms with Crippen LogP contribution in [0.15, 0.2) is 12.4 Å². The van der Waals surface area contributed by atoms with Crippen LogP contribution in [0.3, 0.4) is 0 Å². The number of H-pyrrole nitrogens is 1. The molecule has 13 heavy (non-hydrogen) atoms. The average molecular weight is 246 g/mol. The SMILES string of the molecule is CCN(CCBr)C(=O)c1cn[nH]c1. The zero-order valence-corrected chi connectivity index (χ0v) is 9.04. The lowest BCUT2D eigenvalue weighted by atomic mass is 10.3. The van der Waals surface area contributed by atoms with Gasteiger partial charge in [-0.15, -0.1) is 0 Å². The molecule has 0 fully saturated rings. The van der Waals surface area contributed by atoms with Crippen LogP contribution in [0.4, 0.5) is 0 Å². The van der Waals surface area contributed by atoms with Crippen LogP contribution < -0.4 is 0 Å². The Balaban J connectivity index is 2.65. The fourth-order valence-corrected chi connectivity index (χ4v) is 1.48. The molecule has 0 aliphatic heterocycles. The van der Waals surface area contributed by atoms with Gasteiger partial charge in [-0.25, -0.2) is 0 Å². The van der Waals surface area contributed by atoms with E-state index in [-0.39, 0.29) is 5.91 Å². The molecule has 0 saturated heterocycles. The summed E-state index contributed by atoms with van der Waals surface area (Å²) in [5.74, 6) is 0.0238. The van der Waals surface area contributed by atoms with Gasteiger partial charge in [0.15, 0.2) is 0 Å². The van der Waals surface area contributed by atoms with Gasteiger partial charge in [0.05, 0.1) is 11.8 Å². The third-order valence-corrected chi connectivity index (χ3v) is 2.12. The second kappa shape index (κ2) is 5.01. The summed E-state index contributed by atoms with van der Waals surface area (Å²) in [4.78, 5) is 13.4. The summed E-state index contributed by atoms with van der Waals surface area (Å²) in [5, 5.41) is 7.15. The topological polar surface area (TPSA) is 49.0 Å². The number of rotatable bonds is 4. The Bertz CT molecular complexity index is 260. The van der Waals surface area contributed by atoms with E-state index >= 15 is 0 Å². The molecule has 1 amide bonds. The summed E-state index contributed by atoms with van der Waals surface area (Å²) >= 11 is 3.31. The first-order valence-corrected chi connectivity index (χ1v) is 5.25. The Morgan fingerprint density at radius 1 is 1.77 bits per heavy atom. The molecule has 0 atom stereocenters. The minimum atomic E-state index is 0.0238. The number of nitrogens with zero attached hydrogens (tertiary/aromatic N) is 2. The third-order valence-electron chi connectivity index (χ3n) is 1.77. The predicted octanol–water partition coefficient (Wildman–Crippen LogP) is 1.27. The van der Waals surface area contributed by atoms with Crippen LogP contribution in [-0.2, 0) is 0 Å². The van der Waals surface area contributed by atoms with Crippen LogP contribution in [0, 0.1) is 0 Å². The van der Waals surface area contributed by atoms with E-state index in [0.29, 0.717) is 5.56 Å². The molecule has 0 aliphatic carbocycles. The second-order valence-electron chi connectivity index (χ2n) is 2.56. The summed E-state index contributed by atoms with van der Waals surface area (Å²) in [6, 6.07) is 0. The van der Waals surface area contributed by atoms with Crippen molar-refractivity contribution >= 4 is 21.8 Å². The molecular formula is C8H12BrN3O. The monoisotopic (exact) mass is 245 g/mol. The van der Waals surface area contributed by atoms with Gasteiger partial charge < -0.3 is 4.90 Å². The maximum absolute atomic E-state index is 11.7. The van der Waals surface area contributed by atoms with Gasteiger partial charge in [-0.2, -0.15) is 5.10 Å². The number of carbonyl (C=O) groups excluding carboxylic acids is 1. The van der Waals surface area contributed by atoms with Gasteiger partial charge in [-0.05, 0) is 6.92 Å². The zero-order chi connectivity index (χ0) is 9.68. The van der Waals surface area contributed by atoms with Crippen LogP contribution >= 0.6 is 15.9 Å². The number of hydrogen-bond donors (Lipinski definition) is 1. The van der Waals surface area contributed by atoms with Crippen LogP contribution in [-0.4, -0.2) is 39.4 Å². The molecule has 0 unspecified atom stereocenters. The fourth-order valence-electron chi connectivity index (χ4n) is 1.06. The van der Waals surface area contributed by atoms with E-state index in [4.69, 9.17) is 0 Å². The molecule has 0 aromatic carbocycles. The molecule has 0 radical (unpaired) electrons. The number of alkyl halides is 1. The van der Waals surface area contributed by atoms with E-state index < -0.39 is 0 Å².